The smallest absolute Gasteiger partial charge is 0.267 e. The second-order valence-electron chi connectivity index (χ2n) is 3.78. The number of amides is 1. The fourth-order valence-electron chi connectivity index (χ4n) is 1.64. The number of fused-ring (bicyclic) bond motifs is 1. The van der Waals surface area contributed by atoms with Crippen molar-refractivity contribution in [3.8, 4) is 0 Å². The molecule has 0 radical (unpaired) electrons. The molecule has 0 aliphatic rings. The average molecular weight is 235 g/mol. The molecule has 1 aromatic heterocycles. The molecule has 0 bridgehead atoms. The molecule has 1 aromatic carbocycles. The van der Waals surface area contributed by atoms with E-state index in [0.717, 1.165) is 6.42 Å². The number of nitrogens with two attached hydrogens (primary N) is 1. The number of halogens is 1. The summed E-state index contributed by atoms with van der Waals surface area (Å²) in [7, 11) is 0. The molecule has 0 unspecified atom stereocenters. The van der Waals surface area contributed by atoms with Gasteiger partial charge in [-0.2, -0.15) is 0 Å². The lowest BCUT2D eigenvalue weighted by molar-refractivity contribution is 0.0949. The van der Waals surface area contributed by atoms with E-state index in [1.165, 1.54) is 12.1 Å². The molecule has 90 valence electrons. The SMILES string of the molecule is NCCCNC(=O)c1cc2c(F)cccc2[nH]1. The number of aromatic amines is 1. The van der Waals surface area contributed by atoms with Crippen molar-refractivity contribution in [3.63, 3.8) is 0 Å². The van der Waals surface area contributed by atoms with Crippen LogP contribution in [0.1, 0.15) is 16.9 Å². The maximum absolute atomic E-state index is 13.4. The van der Waals surface area contributed by atoms with Crippen molar-refractivity contribution >= 4 is 16.8 Å². The number of carbonyl (C=O) groups excluding carboxylic acids is 1. The summed E-state index contributed by atoms with van der Waals surface area (Å²) in [5.41, 5.74) is 6.31. The van der Waals surface area contributed by atoms with Gasteiger partial charge in [0, 0.05) is 17.4 Å². The van der Waals surface area contributed by atoms with Crippen LogP contribution in [-0.2, 0) is 0 Å². The lowest BCUT2D eigenvalue weighted by Crippen LogP contribution is -2.26. The summed E-state index contributed by atoms with van der Waals surface area (Å²) in [5, 5.41) is 3.13. The van der Waals surface area contributed by atoms with Crippen molar-refractivity contribution in [1.82, 2.24) is 10.3 Å². The van der Waals surface area contributed by atoms with E-state index < -0.39 is 0 Å². The van der Waals surface area contributed by atoms with E-state index in [1.54, 1.807) is 12.1 Å². The zero-order valence-corrected chi connectivity index (χ0v) is 9.29. The lowest BCUT2D eigenvalue weighted by atomic mass is 10.2. The van der Waals surface area contributed by atoms with E-state index in [2.05, 4.69) is 10.3 Å². The molecule has 1 heterocycles. The van der Waals surface area contributed by atoms with Gasteiger partial charge in [-0.25, -0.2) is 4.39 Å². The van der Waals surface area contributed by atoms with Crippen molar-refractivity contribution < 1.29 is 9.18 Å². The predicted molar refractivity (Wildman–Crippen MR) is 64.3 cm³/mol. The van der Waals surface area contributed by atoms with Gasteiger partial charge in [-0.1, -0.05) is 6.07 Å². The first-order valence-electron chi connectivity index (χ1n) is 5.48. The number of benzene rings is 1. The first kappa shape index (κ1) is 11.6. The Balaban J connectivity index is 2.19. The number of hydrogen-bond acceptors (Lipinski definition) is 2. The number of aromatic nitrogens is 1. The first-order chi connectivity index (χ1) is 8.22. The Morgan fingerprint density at radius 1 is 1.47 bits per heavy atom. The summed E-state index contributed by atoms with van der Waals surface area (Å²) in [6, 6.07) is 6.22. The number of rotatable bonds is 4. The fourth-order valence-corrected chi connectivity index (χ4v) is 1.64. The van der Waals surface area contributed by atoms with Crippen molar-refractivity contribution in [2.75, 3.05) is 13.1 Å². The van der Waals surface area contributed by atoms with Crippen LogP contribution in [0, 0.1) is 5.82 Å². The molecule has 0 spiro atoms. The highest BCUT2D eigenvalue weighted by molar-refractivity contribution is 5.98. The maximum atomic E-state index is 13.4. The second kappa shape index (κ2) is 4.97. The maximum Gasteiger partial charge on any atom is 0.267 e. The number of nitrogens with one attached hydrogen (secondary N) is 2. The summed E-state index contributed by atoms with van der Waals surface area (Å²) in [5.74, 6) is -0.575. The first-order valence-corrected chi connectivity index (χ1v) is 5.48. The molecule has 0 fully saturated rings. The van der Waals surface area contributed by atoms with Crippen LogP contribution in [0.25, 0.3) is 10.9 Å². The van der Waals surface area contributed by atoms with Crippen molar-refractivity contribution in [2.45, 2.75) is 6.42 Å². The van der Waals surface area contributed by atoms with Crippen LogP contribution in [0.2, 0.25) is 0 Å². The summed E-state index contributed by atoms with van der Waals surface area (Å²) < 4.78 is 13.4. The van der Waals surface area contributed by atoms with Crippen LogP contribution in [0.4, 0.5) is 4.39 Å². The Labute approximate surface area is 98.0 Å². The Bertz CT molecular complexity index is 536. The monoisotopic (exact) mass is 235 g/mol. The third-order valence-electron chi connectivity index (χ3n) is 2.52. The fraction of sp³-hybridized carbons (Fsp3) is 0.250. The van der Waals surface area contributed by atoms with Gasteiger partial charge in [0.05, 0.1) is 0 Å². The summed E-state index contributed by atoms with van der Waals surface area (Å²) in [4.78, 5) is 14.6. The number of hydrogen-bond donors (Lipinski definition) is 3. The lowest BCUT2D eigenvalue weighted by Gasteiger charge is -2.01. The molecule has 1 amide bonds. The average Bonchev–Trinajstić information content (AvgIpc) is 2.75. The highest BCUT2D eigenvalue weighted by Crippen LogP contribution is 2.18. The van der Waals surface area contributed by atoms with E-state index >= 15 is 0 Å². The topological polar surface area (TPSA) is 70.9 Å². The van der Waals surface area contributed by atoms with Crippen molar-refractivity contribution in [2.24, 2.45) is 5.73 Å². The normalized spacial score (nSPS) is 10.7. The molecule has 4 N–H and O–H groups in total. The van der Waals surface area contributed by atoms with E-state index in [-0.39, 0.29) is 11.7 Å². The zero-order chi connectivity index (χ0) is 12.3. The van der Waals surface area contributed by atoms with Gasteiger partial charge in [-0.15, -0.1) is 0 Å². The Kier molecular flexibility index (Phi) is 3.39. The summed E-state index contributed by atoms with van der Waals surface area (Å²) in [6.07, 6.45) is 0.723. The Hall–Kier alpha value is -1.88. The highest BCUT2D eigenvalue weighted by Gasteiger charge is 2.10. The van der Waals surface area contributed by atoms with Gasteiger partial charge in [0.2, 0.25) is 0 Å². The minimum Gasteiger partial charge on any atom is -0.351 e. The molecule has 0 saturated carbocycles. The van der Waals surface area contributed by atoms with E-state index in [0.29, 0.717) is 29.7 Å². The second-order valence-corrected chi connectivity index (χ2v) is 3.78. The zero-order valence-electron chi connectivity index (χ0n) is 9.29. The molecular formula is C12H14FN3O. The van der Waals surface area contributed by atoms with Crippen molar-refractivity contribution in [1.29, 1.82) is 0 Å². The van der Waals surface area contributed by atoms with Gasteiger partial charge in [0.25, 0.3) is 5.91 Å². The summed E-state index contributed by atoms with van der Waals surface area (Å²) >= 11 is 0. The van der Waals surface area contributed by atoms with Gasteiger partial charge >= 0.3 is 0 Å². The van der Waals surface area contributed by atoms with Crippen LogP contribution in [0.15, 0.2) is 24.3 Å². The van der Waals surface area contributed by atoms with Crippen molar-refractivity contribution in [3.05, 3.63) is 35.8 Å². The molecule has 5 heteroatoms. The Morgan fingerprint density at radius 2 is 2.29 bits per heavy atom. The van der Waals surface area contributed by atoms with Gasteiger partial charge in [-0.05, 0) is 31.2 Å². The van der Waals surface area contributed by atoms with E-state index in [9.17, 15) is 9.18 Å². The minimum atomic E-state index is -0.334. The van der Waals surface area contributed by atoms with E-state index in [4.69, 9.17) is 5.73 Å². The molecule has 0 saturated heterocycles. The van der Waals surface area contributed by atoms with Gasteiger partial charge in [0.15, 0.2) is 0 Å². The van der Waals surface area contributed by atoms with E-state index in [1.807, 2.05) is 0 Å². The summed E-state index contributed by atoms with van der Waals surface area (Å²) in [6.45, 7) is 1.05. The van der Waals surface area contributed by atoms with Crippen LogP contribution in [0.5, 0.6) is 0 Å². The van der Waals surface area contributed by atoms with Crippen LogP contribution < -0.4 is 11.1 Å². The van der Waals surface area contributed by atoms with Gasteiger partial charge < -0.3 is 16.0 Å². The Morgan fingerprint density at radius 3 is 3.00 bits per heavy atom. The largest absolute Gasteiger partial charge is 0.351 e. The van der Waals surface area contributed by atoms with Gasteiger partial charge in [0.1, 0.15) is 11.5 Å². The number of H-pyrrole nitrogens is 1. The third-order valence-corrected chi connectivity index (χ3v) is 2.52. The van der Waals surface area contributed by atoms with Crippen LogP contribution in [-0.4, -0.2) is 24.0 Å². The standard InChI is InChI=1S/C12H14FN3O/c13-9-3-1-4-10-8(9)7-11(16-10)12(17)15-6-2-5-14/h1,3-4,7,16H,2,5-6,14H2,(H,15,17). The molecule has 2 aromatic rings. The highest BCUT2D eigenvalue weighted by atomic mass is 19.1. The third kappa shape index (κ3) is 2.45. The quantitative estimate of drug-likeness (QED) is 0.701. The number of carbonyl (C=O) groups is 1. The van der Waals surface area contributed by atoms with Crippen LogP contribution in [0.3, 0.4) is 0 Å². The molecular weight excluding hydrogens is 221 g/mol. The van der Waals surface area contributed by atoms with Crippen LogP contribution >= 0.6 is 0 Å². The molecule has 0 atom stereocenters. The van der Waals surface area contributed by atoms with Gasteiger partial charge in [-0.3, -0.25) is 4.79 Å². The predicted octanol–water partition coefficient (Wildman–Crippen LogP) is 1.39. The molecule has 2 rings (SSSR count). The minimum absolute atomic E-state index is 0.242. The molecule has 4 nitrogen and oxygen atoms in total. The molecule has 17 heavy (non-hydrogen) atoms. The molecule has 0 aliphatic heterocycles. The molecule has 0 aliphatic carbocycles.